The van der Waals surface area contributed by atoms with Crippen molar-refractivity contribution in [1.29, 1.82) is 0 Å². The zero-order chi connectivity index (χ0) is 14.6. The number of benzene rings is 4. The molecule has 6 aromatic rings. The van der Waals surface area contributed by atoms with Crippen molar-refractivity contribution < 1.29 is 3.55 Å². The van der Waals surface area contributed by atoms with E-state index in [0.717, 1.165) is 0 Å². The van der Waals surface area contributed by atoms with E-state index in [2.05, 4.69) is 24.3 Å². The second kappa shape index (κ2) is 3.47. The Labute approximate surface area is 152 Å². The van der Waals surface area contributed by atoms with E-state index in [-0.39, 0.29) is 0 Å². The summed E-state index contributed by atoms with van der Waals surface area (Å²) in [5.74, 6) is 0. The van der Waals surface area contributed by atoms with Gasteiger partial charge in [0.25, 0.3) is 0 Å². The van der Waals surface area contributed by atoms with Crippen LogP contribution in [0.4, 0.5) is 3.55 Å². The van der Waals surface area contributed by atoms with Gasteiger partial charge in [0, 0.05) is 0 Å². The zero-order valence-electron chi connectivity index (χ0n) is 11.3. The molecule has 0 N–H and O–H groups in total. The second-order valence-electron chi connectivity index (χ2n) is 6.30. The number of hydrogen-bond donors (Lipinski definition) is 0. The van der Waals surface area contributed by atoms with Crippen molar-refractivity contribution in [1.82, 2.24) is 0 Å². The van der Waals surface area contributed by atoms with Gasteiger partial charge < -0.3 is 0 Å². The Hall–Kier alpha value is -0.332. The molecule has 0 saturated heterocycles. The molecule has 0 nitrogen and oxygen atoms in total. The first-order chi connectivity index (χ1) is 11.3. The third-order valence-corrected chi connectivity index (χ3v) is 15.4. The van der Waals surface area contributed by atoms with Crippen molar-refractivity contribution in [2.24, 2.45) is 0 Å². The summed E-state index contributed by atoms with van der Waals surface area (Å²) in [6, 6.07) is 9.45. The van der Waals surface area contributed by atoms with Crippen molar-refractivity contribution in [3.8, 4) is 0 Å². The first kappa shape index (κ1) is 12.1. The third kappa shape index (κ3) is 1.23. The summed E-state index contributed by atoms with van der Waals surface area (Å²) >= 11 is -0.448. The quantitative estimate of drug-likeness (QED) is 0.192. The minimum absolute atomic E-state index is 0.429. The van der Waals surface area contributed by atoms with Crippen LogP contribution in [0.1, 0.15) is 0 Å². The van der Waals surface area contributed by atoms with Gasteiger partial charge in [-0.25, -0.2) is 0 Å². The van der Waals surface area contributed by atoms with Gasteiger partial charge in [0.05, 0.1) is 0 Å². The Kier molecular flexibility index (Phi) is 1.82. The minimum atomic E-state index is -1.99. The summed E-state index contributed by atoms with van der Waals surface area (Å²) in [6.07, 6.45) is 0. The topological polar surface area (TPSA) is 0 Å². The molecule has 8 rings (SSSR count). The Morgan fingerprint density at radius 1 is 0.783 bits per heavy atom. The molecule has 0 atom stereocenters. The van der Waals surface area contributed by atoms with E-state index < -0.39 is 14.4 Å². The summed E-state index contributed by atoms with van der Waals surface area (Å²) in [7, 11) is 0. The normalized spacial score (nSPS) is 16.6. The molecular formula is C18H4FSe4. The molecule has 2 aliphatic heterocycles. The number of fused-ring (bicyclic) bond motifs is 11. The SMILES string of the molecule is F[Se]1c2c1c1c3c4c(c5c(ccc6[se]c65)cc4cc1c1[se]c21)[Se]3. The first-order valence-electron chi connectivity index (χ1n) is 7.35. The van der Waals surface area contributed by atoms with Crippen LogP contribution >= 0.6 is 0 Å². The van der Waals surface area contributed by atoms with Crippen LogP contribution in [0.15, 0.2) is 24.3 Å². The van der Waals surface area contributed by atoms with Crippen LogP contribution in [0, 0.1) is 0 Å². The molecule has 1 radical (unpaired) electrons. The Balaban J connectivity index is 1.69. The fourth-order valence-corrected chi connectivity index (χ4v) is 15.5. The summed E-state index contributed by atoms with van der Waals surface area (Å²) in [4.78, 5) is 0. The molecule has 0 amide bonds. The second-order valence-corrected chi connectivity index (χ2v) is 15.6. The van der Waals surface area contributed by atoms with E-state index in [1.165, 1.54) is 44.4 Å². The monoisotopic (exact) mass is 559 g/mol. The van der Waals surface area contributed by atoms with Crippen LogP contribution in [0.2, 0.25) is 0 Å². The number of rotatable bonds is 0. The molecule has 0 fully saturated rings. The van der Waals surface area contributed by atoms with Crippen molar-refractivity contribution in [3.05, 3.63) is 24.3 Å². The van der Waals surface area contributed by atoms with Crippen LogP contribution < -0.4 is 17.8 Å². The Morgan fingerprint density at radius 2 is 1.70 bits per heavy atom. The predicted octanol–water partition coefficient (Wildman–Crippen LogP) is 0.799. The van der Waals surface area contributed by atoms with E-state index in [4.69, 9.17) is 0 Å². The maximum atomic E-state index is 14.4. The first-order valence-corrected chi connectivity index (χ1v) is 14.9. The fourth-order valence-electron chi connectivity index (χ4n) is 4.01. The molecule has 5 heteroatoms. The van der Waals surface area contributed by atoms with Crippen LogP contribution in [-0.4, -0.2) is 58.3 Å². The molecule has 23 heavy (non-hydrogen) atoms. The van der Waals surface area contributed by atoms with Gasteiger partial charge in [-0.15, -0.1) is 0 Å². The summed E-state index contributed by atoms with van der Waals surface area (Å²) in [5, 5.41) is 8.74. The van der Waals surface area contributed by atoms with Crippen LogP contribution in [-0.2, 0) is 0 Å². The van der Waals surface area contributed by atoms with Gasteiger partial charge in [-0.05, 0) is 0 Å². The summed E-state index contributed by atoms with van der Waals surface area (Å²) in [5.41, 5.74) is 0. The molecule has 2 aliphatic rings. The average molecular weight is 555 g/mol. The Bertz CT molecular complexity index is 1500. The van der Waals surface area contributed by atoms with E-state index in [1.54, 1.807) is 22.8 Å². The van der Waals surface area contributed by atoms with Gasteiger partial charge in [-0.3, -0.25) is 0 Å². The van der Waals surface area contributed by atoms with Gasteiger partial charge in [-0.1, -0.05) is 0 Å². The molecule has 2 aromatic heterocycles. The van der Waals surface area contributed by atoms with E-state index in [1.807, 2.05) is 0 Å². The fraction of sp³-hybridized carbons (Fsp3) is 0. The molecule has 0 spiro atoms. The van der Waals surface area contributed by atoms with Crippen LogP contribution in [0.5, 0.6) is 0 Å². The van der Waals surface area contributed by atoms with E-state index >= 15 is 0 Å². The van der Waals surface area contributed by atoms with Crippen molar-refractivity contribution >= 4 is 126 Å². The van der Waals surface area contributed by atoms with Gasteiger partial charge >= 0.3 is 153 Å². The molecule has 4 aromatic carbocycles. The molecule has 107 valence electrons. The van der Waals surface area contributed by atoms with Crippen LogP contribution in [0.3, 0.4) is 0 Å². The van der Waals surface area contributed by atoms with Gasteiger partial charge in [0.1, 0.15) is 0 Å². The molecular weight excluding hydrogens is 551 g/mol. The molecule has 4 heterocycles. The summed E-state index contributed by atoms with van der Waals surface area (Å²) in [6.45, 7) is 0. The third-order valence-electron chi connectivity index (χ3n) is 5.17. The molecule has 0 bridgehead atoms. The standard InChI is InChI=1S/C18H4FSe4/c19-23-17-11-7(12-16(21-12)18(17)23)4-6-3-5-1-2-8-13(20-8)9(5)14-10(6)15(11)22-14/h1-4H. The molecule has 0 unspecified atom stereocenters. The number of halogens is 1. The molecule has 0 aliphatic carbocycles. The summed E-state index contributed by atoms with van der Waals surface area (Å²) < 4.78 is 26.2. The number of hydrogen-bond acceptors (Lipinski definition) is 0. The zero-order valence-corrected chi connectivity index (χ0v) is 18.2. The van der Waals surface area contributed by atoms with Crippen LogP contribution in [0.25, 0.3) is 49.4 Å². The predicted molar refractivity (Wildman–Crippen MR) is 101 cm³/mol. The van der Waals surface area contributed by atoms with Crippen molar-refractivity contribution in [2.75, 3.05) is 0 Å². The van der Waals surface area contributed by atoms with Crippen molar-refractivity contribution in [3.63, 3.8) is 0 Å². The van der Waals surface area contributed by atoms with Gasteiger partial charge in [0.2, 0.25) is 0 Å². The van der Waals surface area contributed by atoms with Gasteiger partial charge in [-0.2, -0.15) is 0 Å². The van der Waals surface area contributed by atoms with Gasteiger partial charge in [0.15, 0.2) is 0 Å². The van der Waals surface area contributed by atoms with E-state index in [9.17, 15) is 3.55 Å². The average Bonchev–Trinajstić information content (AvgIpc) is 3.36. The van der Waals surface area contributed by atoms with E-state index in [0.29, 0.717) is 44.0 Å². The maximum absolute atomic E-state index is 14.4. The van der Waals surface area contributed by atoms with Crippen molar-refractivity contribution in [2.45, 2.75) is 0 Å². The molecule has 0 saturated carbocycles. The Morgan fingerprint density at radius 3 is 2.65 bits per heavy atom.